The molecule has 2 heterocycles. The quantitative estimate of drug-likeness (QED) is 0.823. The Labute approximate surface area is 166 Å². The Balaban J connectivity index is 1.46. The maximum atomic E-state index is 12.9. The van der Waals surface area contributed by atoms with Crippen molar-refractivity contribution in [3.8, 4) is 0 Å². The van der Waals surface area contributed by atoms with Crippen LogP contribution in [0.1, 0.15) is 56.6 Å². The summed E-state index contributed by atoms with van der Waals surface area (Å²) in [5.74, 6) is 0.951. The average molecular weight is 386 g/mol. The molecule has 4 nitrogen and oxygen atoms in total. The Morgan fingerprint density at radius 1 is 1.19 bits per heavy atom. The summed E-state index contributed by atoms with van der Waals surface area (Å²) in [6, 6.07) is 4.79. The molecule has 0 radical (unpaired) electrons. The molecule has 0 spiro atoms. The van der Waals surface area contributed by atoms with Crippen molar-refractivity contribution in [2.45, 2.75) is 65.3 Å². The van der Waals surface area contributed by atoms with Crippen LogP contribution in [-0.4, -0.2) is 30.0 Å². The molecule has 2 aliphatic rings. The van der Waals surface area contributed by atoms with Crippen LogP contribution in [0.3, 0.4) is 0 Å². The van der Waals surface area contributed by atoms with Crippen molar-refractivity contribution in [2.24, 2.45) is 11.8 Å². The molecule has 3 unspecified atom stereocenters. The van der Waals surface area contributed by atoms with Crippen LogP contribution < -0.4 is 10.2 Å². The molecule has 0 bridgehead atoms. The summed E-state index contributed by atoms with van der Waals surface area (Å²) in [5, 5.41) is 4.44. The van der Waals surface area contributed by atoms with Gasteiger partial charge in [0.05, 0.1) is 16.1 Å². The third-order valence-corrected chi connectivity index (χ3v) is 7.38. The number of aryl methyl sites for hydroxylation is 2. The molecule has 1 amide bonds. The van der Waals surface area contributed by atoms with E-state index in [-0.39, 0.29) is 11.8 Å². The van der Waals surface area contributed by atoms with Crippen molar-refractivity contribution in [3.05, 3.63) is 23.3 Å². The lowest BCUT2D eigenvalue weighted by Crippen LogP contribution is -2.48. The maximum Gasteiger partial charge on any atom is 0.225 e. The van der Waals surface area contributed by atoms with Gasteiger partial charge in [-0.05, 0) is 62.6 Å². The van der Waals surface area contributed by atoms with Crippen molar-refractivity contribution < 1.29 is 4.79 Å². The number of rotatable bonds is 3. The second kappa shape index (κ2) is 7.78. The van der Waals surface area contributed by atoms with Crippen molar-refractivity contribution >= 4 is 32.6 Å². The largest absolute Gasteiger partial charge is 0.353 e. The first-order valence-corrected chi connectivity index (χ1v) is 11.3. The number of hydrogen-bond donors (Lipinski definition) is 1. The van der Waals surface area contributed by atoms with E-state index in [1.165, 1.54) is 35.1 Å². The van der Waals surface area contributed by atoms with E-state index in [4.69, 9.17) is 4.98 Å². The molecule has 27 heavy (non-hydrogen) atoms. The number of piperidine rings is 1. The van der Waals surface area contributed by atoms with Gasteiger partial charge >= 0.3 is 0 Å². The highest BCUT2D eigenvalue weighted by atomic mass is 32.1. The molecular weight excluding hydrogens is 354 g/mol. The van der Waals surface area contributed by atoms with Crippen LogP contribution in [0, 0.1) is 25.7 Å². The normalized spacial score (nSPS) is 26.3. The Bertz CT molecular complexity index is 830. The van der Waals surface area contributed by atoms with Crippen LogP contribution >= 0.6 is 11.3 Å². The number of benzene rings is 1. The van der Waals surface area contributed by atoms with E-state index in [0.29, 0.717) is 12.0 Å². The highest BCUT2D eigenvalue weighted by molar-refractivity contribution is 7.22. The number of carbonyl (C=O) groups excluding carboxylic acids is 1. The summed E-state index contributed by atoms with van der Waals surface area (Å²) in [6.45, 7) is 8.35. The summed E-state index contributed by atoms with van der Waals surface area (Å²) in [4.78, 5) is 20.1. The number of hydrogen-bond acceptors (Lipinski definition) is 4. The summed E-state index contributed by atoms with van der Waals surface area (Å²) in [6.07, 6.45) is 6.99. The number of carbonyl (C=O) groups is 1. The van der Waals surface area contributed by atoms with Crippen molar-refractivity contribution in [2.75, 3.05) is 18.0 Å². The Morgan fingerprint density at radius 2 is 2.00 bits per heavy atom. The monoisotopic (exact) mass is 385 g/mol. The van der Waals surface area contributed by atoms with Gasteiger partial charge in [0.1, 0.15) is 0 Å². The first-order chi connectivity index (χ1) is 13.0. The Hall–Kier alpha value is -1.62. The zero-order chi connectivity index (χ0) is 19.0. The van der Waals surface area contributed by atoms with E-state index in [1.807, 2.05) is 0 Å². The fraction of sp³-hybridized carbons (Fsp3) is 0.636. The Kier molecular flexibility index (Phi) is 5.40. The standard InChI is InChI=1S/C22H31N3OS/c1-14-11-16(3)20-19(12-14)27-22(24-20)25-10-6-8-17(13-25)21(26)23-18-9-5-4-7-15(18)2/h11-12,15,17-18H,4-10,13H2,1-3H3,(H,23,26). The molecule has 1 aliphatic carbocycles. The number of aromatic nitrogens is 1. The fourth-order valence-electron chi connectivity index (χ4n) is 4.69. The summed E-state index contributed by atoms with van der Waals surface area (Å²) >= 11 is 1.77. The van der Waals surface area contributed by atoms with Crippen LogP contribution in [0.15, 0.2) is 12.1 Å². The maximum absolute atomic E-state index is 12.9. The molecule has 4 rings (SSSR count). The predicted molar refractivity (Wildman–Crippen MR) is 114 cm³/mol. The van der Waals surface area contributed by atoms with Crippen LogP contribution in [0.2, 0.25) is 0 Å². The number of anilines is 1. The number of nitrogens with zero attached hydrogens (tertiary/aromatic N) is 2. The molecule has 2 fully saturated rings. The van der Waals surface area contributed by atoms with Crippen molar-refractivity contribution in [1.82, 2.24) is 10.3 Å². The summed E-state index contributed by atoms with van der Waals surface area (Å²) in [5.41, 5.74) is 3.64. The minimum Gasteiger partial charge on any atom is -0.353 e. The molecule has 1 aliphatic heterocycles. The van der Waals surface area contributed by atoms with E-state index < -0.39 is 0 Å². The molecule has 1 N–H and O–H groups in total. The first-order valence-electron chi connectivity index (χ1n) is 10.4. The number of amides is 1. The van der Waals surface area contributed by atoms with Gasteiger partial charge in [-0.2, -0.15) is 0 Å². The minimum absolute atomic E-state index is 0.0859. The lowest BCUT2D eigenvalue weighted by Gasteiger charge is -2.35. The van der Waals surface area contributed by atoms with Gasteiger partial charge in [-0.25, -0.2) is 4.98 Å². The zero-order valence-electron chi connectivity index (χ0n) is 16.8. The molecular formula is C22H31N3OS. The van der Waals surface area contributed by atoms with Crippen LogP contribution in [0.25, 0.3) is 10.2 Å². The van der Waals surface area contributed by atoms with Crippen LogP contribution in [-0.2, 0) is 4.79 Å². The van der Waals surface area contributed by atoms with Gasteiger partial charge in [-0.1, -0.05) is 37.2 Å². The van der Waals surface area contributed by atoms with Gasteiger partial charge in [0, 0.05) is 19.1 Å². The van der Waals surface area contributed by atoms with Crippen LogP contribution in [0.5, 0.6) is 0 Å². The first kappa shape index (κ1) is 18.7. The molecule has 1 aromatic heterocycles. The molecule has 2 aromatic rings. The summed E-state index contributed by atoms with van der Waals surface area (Å²) < 4.78 is 1.25. The fourth-order valence-corrected chi connectivity index (χ4v) is 5.87. The molecule has 1 saturated heterocycles. The van der Waals surface area contributed by atoms with Crippen molar-refractivity contribution in [3.63, 3.8) is 0 Å². The van der Waals surface area contributed by atoms with E-state index in [0.717, 1.165) is 43.0 Å². The second-order valence-electron chi connectivity index (χ2n) is 8.59. The molecule has 146 valence electrons. The molecule has 1 aromatic carbocycles. The second-order valence-corrected chi connectivity index (χ2v) is 9.60. The summed E-state index contributed by atoms with van der Waals surface area (Å²) in [7, 11) is 0. The van der Waals surface area contributed by atoms with Gasteiger partial charge in [-0.15, -0.1) is 0 Å². The highest BCUT2D eigenvalue weighted by Crippen LogP contribution is 2.34. The van der Waals surface area contributed by atoms with E-state index >= 15 is 0 Å². The van der Waals surface area contributed by atoms with Crippen LogP contribution in [0.4, 0.5) is 5.13 Å². The number of fused-ring (bicyclic) bond motifs is 1. The highest BCUT2D eigenvalue weighted by Gasteiger charge is 2.30. The van der Waals surface area contributed by atoms with Gasteiger partial charge in [0.15, 0.2) is 5.13 Å². The Morgan fingerprint density at radius 3 is 2.81 bits per heavy atom. The predicted octanol–water partition coefficient (Wildman–Crippen LogP) is 4.82. The van der Waals surface area contributed by atoms with E-state index in [1.54, 1.807) is 11.3 Å². The minimum atomic E-state index is 0.0859. The van der Waals surface area contributed by atoms with Crippen molar-refractivity contribution in [1.29, 1.82) is 0 Å². The lowest BCUT2D eigenvalue weighted by atomic mass is 9.85. The molecule has 3 atom stereocenters. The third-order valence-electron chi connectivity index (χ3n) is 6.32. The zero-order valence-corrected chi connectivity index (χ0v) is 17.6. The van der Waals surface area contributed by atoms with Gasteiger partial charge in [-0.3, -0.25) is 4.79 Å². The van der Waals surface area contributed by atoms with E-state index in [9.17, 15) is 4.79 Å². The molecule has 1 saturated carbocycles. The van der Waals surface area contributed by atoms with Gasteiger partial charge in [0.25, 0.3) is 0 Å². The lowest BCUT2D eigenvalue weighted by molar-refractivity contribution is -0.126. The van der Waals surface area contributed by atoms with E-state index in [2.05, 4.69) is 43.1 Å². The van der Waals surface area contributed by atoms with Gasteiger partial charge < -0.3 is 10.2 Å². The number of nitrogens with one attached hydrogen (secondary N) is 1. The molecule has 5 heteroatoms. The van der Waals surface area contributed by atoms with Gasteiger partial charge in [0.2, 0.25) is 5.91 Å². The number of thiazole rings is 1. The SMILES string of the molecule is Cc1cc(C)c2nc(N3CCCC(C(=O)NC4CCCCC4C)C3)sc2c1. The third kappa shape index (κ3) is 3.98. The smallest absolute Gasteiger partial charge is 0.225 e. The topological polar surface area (TPSA) is 45.2 Å². The average Bonchev–Trinajstić information content (AvgIpc) is 3.08.